The first-order valence-electron chi connectivity index (χ1n) is 19.9. The number of hydrogen-bond donors (Lipinski definition) is 0. The Labute approximate surface area is 261 Å². The normalized spacial score (nSPS) is 79.2. The fourth-order valence-corrected chi connectivity index (χ4v) is 137. The zero-order chi connectivity index (χ0) is 28.2. The van der Waals surface area contributed by atoms with Gasteiger partial charge in [-0.25, -0.2) is 0 Å². The summed E-state index contributed by atoms with van der Waals surface area (Å²) < 4.78 is 1.97. The molecule has 45 heavy (non-hydrogen) atoms. The second kappa shape index (κ2) is 3.94. The van der Waals surface area contributed by atoms with Crippen molar-refractivity contribution in [2.75, 3.05) is 0 Å². The summed E-state index contributed by atoms with van der Waals surface area (Å²) in [5.41, 5.74) is 2.49. The molecule has 10 heterocycles. The van der Waals surface area contributed by atoms with Gasteiger partial charge in [-0.15, -0.1) is 0 Å². The summed E-state index contributed by atoms with van der Waals surface area (Å²) in [5, 5.41) is 3.72. The zero-order valence-electron chi connectivity index (χ0n) is 26.5. The van der Waals surface area contributed by atoms with Crippen molar-refractivity contribution < 1.29 is 6.51 Å². The number of rotatable bonds is 6. The summed E-state index contributed by atoms with van der Waals surface area (Å²) in [6.07, 6.45) is 16.9. The summed E-state index contributed by atoms with van der Waals surface area (Å²) in [7, 11) is -0.0283. The summed E-state index contributed by atoms with van der Waals surface area (Å²) in [5.74, 6) is 9.32. The molecule has 8 bridgehead atoms. The van der Waals surface area contributed by atoms with E-state index in [0.29, 0.717) is 0 Å². The molecule has 1 spiro atoms. The first kappa shape index (κ1) is 22.5. The third-order valence-electron chi connectivity index (χ3n) is 26.4. The van der Waals surface area contributed by atoms with Crippen LogP contribution in [0.25, 0.3) is 0 Å². The van der Waals surface area contributed by atoms with Crippen LogP contribution in [0.1, 0.15) is 64.2 Å². The molecule has 10 saturated heterocycles. The van der Waals surface area contributed by atoms with Gasteiger partial charge in [0.1, 0.15) is 0 Å². The van der Waals surface area contributed by atoms with Crippen molar-refractivity contribution in [3.63, 3.8) is 0 Å². The van der Waals surface area contributed by atoms with Crippen LogP contribution in [0, 0.1) is 47.3 Å². The van der Waals surface area contributed by atoms with Crippen LogP contribution in [-0.4, -0.2) is 19.4 Å². The Morgan fingerprint density at radius 1 is 0.444 bits per heavy atom. The van der Waals surface area contributed by atoms with E-state index in [4.69, 9.17) is 0 Å². The van der Waals surface area contributed by atoms with E-state index >= 15 is 0 Å². The Balaban J connectivity index is 0.964. The van der Waals surface area contributed by atoms with Crippen LogP contribution in [0.15, 0.2) is 60.7 Å². The van der Waals surface area contributed by atoms with Crippen molar-refractivity contribution in [2.24, 2.45) is 47.3 Å². The molecule has 2 aromatic rings. The topological polar surface area (TPSA) is 0 Å². The number of hydrogen-bond acceptors (Lipinski definition) is 0. The van der Waals surface area contributed by atoms with Crippen LogP contribution in [-0.2, 0) is 6.51 Å². The Morgan fingerprint density at radius 2 is 0.822 bits per heavy atom. The molecule has 0 radical (unpaired) electrons. The average Bonchev–Trinajstić information content (AvgIpc) is 4.00. The molecular weight excluding hydrogens is 622 g/mol. The van der Waals surface area contributed by atoms with Crippen molar-refractivity contribution in [2.45, 2.75) is 122 Å². The molecule has 0 amide bonds. The van der Waals surface area contributed by atoms with E-state index in [1.54, 1.807) is 64.2 Å². The van der Waals surface area contributed by atoms with Crippen molar-refractivity contribution >= 4 is 26.5 Å². The van der Waals surface area contributed by atoms with Gasteiger partial charge in [0, 0.05) is 0 Å². The zero-order valence-corrected chi connectivity index (χ0v) is 29.4. The second-order valence-electron chi connectivity index (χ2n) is 22.9. The van der Waals surface area contributed by atoms with Gasteiger partial charge in [-0.05, 0) is 0 Å². The molecule has 0 N–H and O–H groups in total. The molecule has 8 saturated carbocycles. The van der Waals surface area contributed by atoms with Gasteiger partial charge in [0.15, 0.2) is 0 Å². The Bertz CT molecular complexity index is 2080. The third-order valence-corrected chi connectivity index (χ3v) is 84.9. The van der Waals surface area contributed by atoms with Gasteiger partial charge in [0.05, 0.1) is 0 Å². The number of benzene rings is 2. The van der Waals surface area contributed by atoms with Crippen molar-refractivity contribution in [3.05, 3.63) is 60.7 Å². The van der Waals surface area contributed by atoms with E-state index in [2.05, 4.69) is 60.7 Å². The van der Waals surface area contributed by atoms with Crippen LogP contribution in [0.4, 0.5) is 0 Å². The van der Waals surface area contributed by atoms with E-state index in [0.717, 1.165) is 31.8 Å². The molecule has 10 aliphatic heterocycles. The monoisotopic (exact) mass is 670 g/mol. The molecule has 0 nitrogen and oxygen atoms in total. The first-order chi connectivity index (χ1) is 22.0. The molecule has 5 unspecified atom stereocenters. The SMILES string of the molecule is c1ccc(P(c2ccccc2)[C]23[CH]4[CH]5[CH]6[C]2(P(C2C7CC8CC(C7)CC2C8)C2C7CC8CC(C7)CC2C8)[Fe]54632789[CH]3[CH]2[CH]7[CH]8[CH]39)cc1. The maximum absolute atomic E-state index is 3.80. The van der Waals surface area contributed by atoms with E-state index < -0.39 is 6.51 Å². The molecule has 2 aromatic carbocycles. The molecular formula is C42H48FeP2. The maximum atomic E-state index is 2.69. The van der Waals surface area contributed by atoms with Crippen LogP contribution in [0.5, 0.6) is 0 Å². The van der Waals surface area contributed by atoms with Crippen LogP contribution in [0.3, 0.4) is 0 Å². The molecule has 5 atom stereocenters. The van der Waals surface area contributed by atoms with Crippen LogP contribution in [0.2, 0.25) is 38.5 Å². The predicted octanol–water partition coefficient (Wildman–Crippen LogP) is 10.5. The van der Waals surface area contributed by atoms with Crippen LogP contribution < -0.4 is 10.6 Å². The fraction of sp³-hybridized carbons (Fsp3) is 0.714. The minimum atomic E-state index is -3.80. The Kier molecular flexibility index (Phi) is 1.97. The van der Waals surface area contributed by atoms with E-state index in [9.17, 15) is 0 Å². The Morgan fingerprint density at radius 3 is 1.18 bits per heavy atom. The van der Waals surface area contributed by atoms with Gasteiger partial charge >= 0.3 is 263 Å². The molecule has 18 fully saturated rings. The van der Waals surface area contributed by atoms with Crippen LogP contribution >= 0.6 is 15.8 Å². The average molecular weight is 671 g/mol. The van der Waals surface area contributed by atoms with Gasteiger partial charge < -0.3 is 0 Å². The van der Waals surface area contributed by atoms with Gasteiger partial charge in [0.2, 0.25) is 0 Å². The molecule has 234 valence electrons. The van der Waals surface area contributed by atoms with Gasteiger partial charge in [-0.3, -0.25) is 0 Å². The Hall–Kier alpha value is -0.181. The molecule has 8 aliphatic carbocycles. The molecule has 3 heteroatoms. The number of fused-ring (bicyclic) bond motifs is 10. The third kappa shape index (κ3) is 0.717. The van der Waals surface area contributed by atoms with Gasteiger partial charge in [-0.1, -0.05) is 0 Å². The van der Waals surface area contributed by atoms with Gasteiger partial charge in [-0.2, -0.15) is 0 Å². The van der Waals surface area contributed by atoms with Gasteiger partial charge in [0.25, 0.3) is 0 Å². The summed E-state index contributed by atoms with van der Waals surface area (Å²) in [6, 6.07) is 25.3. The minimum absolute atomic E-state index is 0.177. The second-order valence-corrected chi connectivity index (χ2v) is 52.1. The summed E-state index contributed by atoms with van der Waals surface area (Å²) in [4.78, 5) is 11.4. The standard InChI is InChI=1S/C37H43P2.C5H5.Fe/c1-3-8-32(9-4-1)38(33-10-5-2-6-11-33)34-12-7-13-35(34)39(36-28-16-24-14-25(18-28)19-29(36)17-24)37-30-20-26-15-27(22-30)23-31(37)21-26;1-2-4-5-3-1;/h1-13,24-31,36-37H,14-23H2;1-5H;. The van der Waals surface area contributed by atoms with E-state index in [-0.39, 0.29) is 15.8 Å². The molecule has 20 rings (SSSR count). The summed E-state index contributed by atoms with van der Waals surface area (Å²) in [6.45, 7) is -3.80. The molecule has 0 aromatic heterocycles. The van der Waals surface area contributed by atoms with Crippen molar-refractivity contribution in [1.82, 2.24) is 0 Å². The molecule has 18 aliphatic rings. The van der Waals surface area contributed by atoms with E-state index in [1.165, 1.54) is 73.5 Å². The first-order valence-corrected chi connectivity index (χ1v) is 28.9. The summed E-state index contributed by atoms with van der Waals surface area (Å²) >= 11 is 0. The quantitative estimate of drug-likeness (QED) is 0.212. The van der Waals surface area contributed by atoms with Crippen molar-refractivity contribution in [3.8, 4) is 0 Å². The fourth-order valence-electron chi connectivity index (χ4n) is 28.7. The van der Waals surface area contributed by atoms with Crippen molar-refractivity contribution in [1.29, 1.82) is 0 Å². The van der Waals surface area contributed by atoms with E-state index in [1.807, 2.05) is 10.6 Å². The predicted molar refractivity (Wildman–Crippen MR) is 183 cm³/mol.